The van der Waals surface area contributed by atoms with Crippen molar-refractivity contribution >= 4 is 17.2 Å². The molecule has 0 spiro atoms. The molecule has 0 radical (unpaired) electrons. The van der Waals surface area contributed by atoms with Gasteiger partial charge >= 0.3 is 0 Å². The summed E-state index contributed by atoms with van der Waals surface area (Å²) in [6.45, 7) is 2.69. The second-order valence-corrected chi connectivity index (χ2v) is 6.25. The first-order chi connectivity index (χ1) is 12.6. The van der Waals surface area contributed by atoms with Crippen LogP contribution in [0, 0.1) is 0 Å². The van der Waals surface area contributed by atoms with Gasteiger partial charge in [-0.15, -0.1) is 0 Å². The summed E-state index contributed by atoms with van der Waals surface area (Å²) in [7, 11) is 1.83. The molecule has 0 fully saturated rings. The van der Waals surface area contributed by atoms with Crippen LogP contribution in [0.3, 0.4) is 0 Å². The first-order valence-corrected chi connectivity index (χ1v) is 8.60. The molecule has 0 aliphatic heterocycles. The van der Waals surface area contributed by atoms with Gasteiger partial charge in [-0.1, -0.05) is 31.2 Å². The Bertz CT molecular complexity index is 981. The van der Waals surface area contributed by atoms with E-state index in [1.54, 1.807) is 18.3 Å². The molecule has 6 nitrogen and oxygen atoms in total. The molecule has 0 saturated heterocycles. The summed E-state index contributed by atoms with van der Waals surface area (Å²) in [6.07, 6.45) is 2.55. The number of nitrogens with one attached hydrogen (secondary N) is 1. The lowest BCUT2D eigenvalue weighted by molar-refractivity contribution is -0.117. The molecular formula is C20H22N4O2. The molecule has 3 rings (SSSR count). The Morgan fingerprint density at radius 2 is 1.96 bits per heavy atom. The number of nitrogens with zero attached hydrogens (tertiary/aromatic N) is 3. The van der Waals surface area contributed by atoms with Crippen molar-refractivity contribution in [2.45, 2.75) is 19.9 Å². The lowest BCUT2D eigenvalue weighted by atomic mass is 10.1. The van der Waals surface area contributed by atoms with Crippen molar-refractivity contribution in [1.82, 2.24) is 14.3 Å². The maximum Gasteiger partial charge on any atom is 0.258 e. The van der Waals surface area contributed by atoms with E-state index in [4.69, 9.17) is 0 Å². The second kappa shape index (κ2) is 7.93. The predicted molar refractivity (Wildman–Crippen MR) is 102 cm³/mol. The second-order valence-electron chi connectivity index (χ2n) is 6.25. The smallest absolute Gasteiger partial charge is 0.258 e. The molecule has 26 heavy (non-hydrogen) atoms. The highest BCUT2D eigenvalue weighted by Crippen LogP contribution is 2.15. The number of pyridine rings is 1. The molecule has 1 amide bonds. The lowest BCUT2D eigenvalue weighted by Gasteiger charge is -2.17. The van der Waals surface area contributed by atoms with E-state index in [2.05, 4.69) is 17.2 Å². The molecule has 0 unspecified atom stereocenters. The maximum atomic E-state index is 12.3. The third kappa shape index (κ3) is 4.15. The summed E-state index contributed by atoms with van der Waals surface area (Å²) in [5, 5.41) is 2.95. The fourth-order valence-corrected chi connectivity index (χ4v) is 2.90. The largest absolute Gasteiger partial charge is 0.325 e. The maximum absolute atomic E-state index is 12.3. The standard InChI is InChI=1S/C20H22N4O2/c1-3-15-8-4-5-9-17(15)22-19(25)14-23(2)13-16-12-20(26)24-11-7-6-10-18(24)21-16/h4-12H,3,13-14H2,1-2H3,(H,22,25). The Kier molecular flexibility index (Phi) is 5.43. The molecule has 134 valence electrons. The number of rotatable bonds is 6. The van der Waals surface area contributed by atoms with Crippen LogP contribution in [-0.4, -0.2) is 33.8 Å². The van der Waals surface area contributed by atoms with E-state index in [9.17, 15) is 9.59 Å². The molecule has 0 aliphatic carbocycles. The fourth-order valence-electron chi connectivity index (χ4n) is 2.90. The van der Waals surface area contributed by atoms with Crippen molar-refractivity contribution < 1.29 is 4.79 Å². The number of hydrogen-bond acceptors (Lipinski definition) is 4. The number of para-hydroxylation sites is 1. The third-order valence-electron chi connectivity index (χ3n) is 4.14. The number of fused-ring (bicyclic) bond motifs is 1. The molecule has 0 atom stereocenters. The average molecular weight is 350 g/mol. The summed E-state index contributed by atoms with van der Waals surface area (Å²) < 4.78 is 1.50. The van der Waals surface area contributed by atoms with Gasteiger partial charge in [0, 0.05) is 24.5 Å². The predicted octanol–water partition coefficient (Wildman–Crippen LogP) is 2.33. The van der Waals surface area contributed by atoms with E-state index in [1.807, 2.05) is 42.3 Å². The van der Waals surface area contributed by atoms with Gasteiger partial charge in [-0.2, -0.15) is 0 Å². The summed E-state index contributed by atoms with van der Waals surface area (Å²) in [4.78, 5) is 30.8. The van der Waals surface area contributed by atoms with Crippen molar-refractivity contribution in [3.63, 3.8) is 0 Å². The minimum atomic E-state index is -0.125. The lowest BCUT2D eigenvalue weighted by Crippen LogP contribution is -2.31. The fraction of sp³-hybridized carbons (Fsp3) is 0.250. The molecule has 3 aromatic rings. The van der Waals surface area contributed by atoms with Gasteiger partial charge in [0.1, 0.15) is 5.65 Å². The normalized spacial score (nSPS) is 11.0. The molecule has 2 heterocycles. The van der Waals surface area contributed by atoms with Gasteiger partial charge in [0.05, 0.1) is 12.2 Å². The van der Waals surface area contributed by atoms with Crippen molar-refractivity contribution in [3.05, 3.63) is 76.3 Å². The summed E-state index contributed by atoms with van der Waals surface area (Å²) in [6, 6.07) is 14.7. The van der Waals surface area contributed by atoms with Crippen LogP contribution in [-0.2, 0) is 17.8 Å². The van der Waals surface area contributed by atoms with Crippen molar-refractivity contribution in [1.29, 1.82) is 0 Å². The number of anilines is 1. The van der Waals surface area contributed by atoms with E-state index in [0.29, 0.717) is 17.9 Å². The van der Waals surface area contributed by atoms with Crippen molar-refractivity contribution in [3.8, 4) is 0 Å². The Labute approximate surface area is 152 Å². The highest BCUT2D eigenvalue weighted by atomic mass is 16.2. The zero-order chi connectivity index (χ0) is 18.5. The van der Waals surface area contributed by atoms with E-state index >= 15 is 0 Å². The first kappa shape index (κ1) is 17.8. The van der Waals surface area contributed by atoms with Gasteiger partial charge in [0.2, 0.25) is 5.91 Å². The topological polar surface area (TPSA) is 66.7 Å². The van der Waals surface area contributed by atoms with Crippen LogP contribution in [0.1, 0.15) is 18.2 Å². The van der Waals surface area contributed by atoms with Crippen LogP contribution in [0.5, 0.6) is 0 Å². The van der Waals surface area contributed by atoms with E-state index in [-0.39, 0.29) is 18.0 Å². The van der Waals surface area contributed by atoms with Crippen molar-refractivity contribution in [2.24, 2.45) is 0 Å². The van der Waals surface area contributed by atoms with Gasteiger partial charge in [-0.05, 0) is 37.2 Å². The highest BCUT2D eigenvalue weighted by molar-refractivity contribution is 5.92. The number of likely N-dealkylation sites (N-methyl/N-ethyl adjacent to an activating group) is 1. The van der Waals surface area contributed by atoms with Crippen LogP contribution < -0.4 is 10.9 Å². The zero-order valence-electron chi connectivity index (χ0n) is 15.0. The number of benzene rings is 1. The Morgan fingerprint density at radius 3 is 2.77 bits per heavy atom. The molecule has 0 saturated carbocycles. The molecule has 1 aromatic carbocycles. The molecule has 1 N–H and O–H groups in total. The van der Waals surface area contributed by atoms with Crippen LogP contribution in [0.4, 0.5) is 5.69 Å². The van der Waals surface area contributed by atoms with Crippen LogP contribution >= 0.6 is 0 Å². The number of carbonyl (C=O) groups is 1. The van der Waals surface area contributed by atoms with Gasteiger partial charge in [-0.3, -0.25) is 18.9 Å². The molecule has 6 heteroatoms. The van der Waals surface area contributed by atoms with Gasteiger partial charge in [0.15, 0.2) is 0 Å². The highest BCUT2D eigenvalue weighted by Gasteiger charge is 2.11. The van der Waals surface area contributed by atoms with Gasteiger partial charge in [0.25, 0.3) is 5.56 Å². The van der Waals surface area contributed by atoms with E-state index in [1.165, 1.54) is 10.5 Å². The number of carbonyl (C=O) groups excluding carboxylic acids is 1. The molecule has 0 bridgehead atoms. The third-order valence-corrected chi connectivity index (χ3v) is 4.14. The van der Waals surface area contributed by atoms with Crippen molar-refractivity contribution in [2.75, 3.05) is 18.9 Å². The Hall–Kier alpha value is -2.99. The number of aryl methyl sites for hydroxylation is 1. The summed E-state index contributed by atoms with van der Waals surface area (Å²) in [5.41, 5.74) is 3.07. The molecule has 2 aromatic heterocycles. The Morgan fingerprint density at radius 1 is 1.19 bits per heavy atom. The van der Waals surface area contributed by atoms with Gasteiger partial charge < -0.3 is 5.32 Å². The van der Waals surface area contributed by atoms with Crippen LogP contribution in [0.2, 0.25) is 0 Å². The van der Waals surface area contributed by atoms with Gasteiger partial charge in [-0.25, -0.2) is 4.98 Å². The average Bonchev–Trinajstić information content (AvgIpc) is 2.62. The van der Waals surface area contributed by atoms with E-state index < -0.39 is 0 Å². The molecular weight excluding hydrogens is 328 g/mol. The van der Waals surface area contributed by atoms with Crippen LogP contribution in [0.15, 0.2) is 59.5 Å². The summed E-state index contributed by atoms with van der Waals surface area (Å²) in [5.74, 6) is -0.0917. The summed E-state index contributed by atoms with van der Waals surface area (Å²) >= 11 is 0. The SMILES string of the molecule is CCc1ccccc1NC(=O)CN(C)Cc1cc(=O)n2ccccc2n1. The number of hydrogen-bond donors (Lipinski definition) is 1. The minimum absolute atomic E-state index is 0.0917. The van der Waals surface area contributed by atoms with Crippen LogP contribution in [0.25, 0.3) is 5.65 Å². The van der Waals surface area contributed by atoms with E-state index in [0.717, 1.165) is 17.7 Å². The molecule has 0 aliphatic rings. The zero-order valence-corrected chi connectivity index (χ0v) is 15.0. The minimum Gasteiger partial charge on any atom is -0.325 e. The quantitative estimate of drug-likeness (QED) is 0.741. The first-order valence-electron chi connectivity index (χ1n) is 8.60. The monoisotopic (exact) mass is 350 g/mol. The number of amides is 1. The Balaban J connectivity index is 1.66. The number of aromatic nitrogens is 2.